The maximum absolute atomic E-state index is 10.6. The Kier molecular flexibility index (Phi) is 7.38. The summed E-state index contributed by atoms with van der Waals surface area (Å²) in [5.74, 6) is -1.01. The van der Waals surface area contributed by atoms with E-state index in [1.807, 2.05) is 26.0 Å². The van der Waals surface area contributed by atoms with Crippen molar-refractivity contribution in [2.24, 2.45) is 0 Å². The zero-order chi connectivity index (χ0) is 20.7. The molecule has 3 rings (SSSR count). The van der Waals surface area contributed by atoms with Crippen molar-refractivity contribution in [3.63, 3.8) is 0 Å². The highest BCUT2D eigenvalue weighted by atomic mass is 19.4. The molecule has 0 fully saturated rings. The van der Waals surface area contributed by atoms with Crippen LogP contribution in [0.25, 0.3) is 0 Å². The Morgan fingerprint density at radius 2 is 2.00 bits per heavy atom. The van der Waals surface area contributed by atoms with Crippen LogP contribution in [0.2, 0.25) is 0 Å². The van der Waals surface area contributed by atoms with Gasteiger partial charge in [0, 0.05) is 25.1 Å². The Bertz CT molecular complexity index is 764. The molecule has 0 unspecified atom stereocenters. The second-order valence-corrected chi connectivity index (χ2v) is 6.43. The molecule has 1 aliphatic rings. The average molecular weight is 401 g/mol. The van der Waals surface area contributed by atoms with E-state index in [0.29, 0.717) is 0 Å². The summed E-state index contributed by atoms with van der Waals surface area (Å²) in [6.07, 6.45) is 0.221. The van der Waals surface area contributed by atoms with Crippen LogP contribution in [0.1, 0.15) is 30.9 Å². The maximum atomic E-state index is 10.6. The fraction of sp³-hybridized carbons (Fsp3) is 0.500. The molecule has 0 atom stereocenters. The lowest BCUT2D eigenvalue weighted by Gasteiger charge is -2.17. The summed E-state index contributed by atoms with van der Waals surface area (Å²) in [5, 5.41) is 7.12. The first kappa shape index (κ1) is 21.7. The molecule has 0 saturated carbocycles. The highest BCUT2D eigenvalue weighted by Crippen LogP contribution is 2.23. The van der Waals surface area contributed by atoms with Crippen molar-refractivity contribution in [2.45, 2.75) is 45.5 Å². The third-order valence-corrected chi connectivity index (χ3v) is 3.89. The van der Waals surface area contributed by atoms with E-state index in [1.54, 1.807) is 12.6 Å². The Morgan fingerprint density at radius 1 is 1.32 bits per heavy atom. The molecule has 28 heavy (non-hydrogen) atoms. The Balaban J connectivity index is 0.000000345. The van der Waals surface area contributed by atoms with E-state index in [0.717, 1.165) is 55.4 Å². The summed E-state index contributed by atoms with van der Waals surface area (Å²) in [6.45, 7) is 6.83. The third kappa shape index (κ3) is 6.52. The van der Waals surface area contributed by atoms with Crippen LogP contribution in [0.3, 0.4) is 0 Å². The number of carboxylic acid groups (broad SMARTS) is 1. The van der Waals surface area contributed by atoms with Crippen molar-refractivity contribution >= 4 is 5.97 Å². The highest BCUT2D eigenvalue weighted by molar-refractivity contribution is 5.73. The predicted molar refractivity (Wildman–Crippen MR) is 92.9 cm³/mol. The van der Waals surface area contributed by atoms with Gasteiger partial charge in [-0.05, 0) is 32.4 Å². The molecule has 0 aromatic carbocycles. The molecule has 0 bridgehead atoms. The van der Waals surface area contributed by atoms with Crippen LogP contribution in [0.4, 0.5) is 13.2 Å². The first-order valence-electron chi connectivity index (χ1n) is 8.71. The fourth-order valence-electron chi connectivity index (χ4n) is 2.65. The first-order chi connectivity index (χ1) is 13.2. The third-order valence-electron chi connectivity index (χ3n) is 3.89. The average Bonchev–Trinajstić information content (AvgIpc) is 3.01. The molecule has 3 heterocycles. The number of aromatic nitrogens is 2. The molecule has 7 nitrogen and oxygen atoms in total. The topological polar surface area (TPSA) is 88.7 Å². The molecule has 1 N–H and O–H groups in total. The monoisotopic (exact) mass is 401 g/mol. The van der Waals surface area contributed by atoms with Gasteiger partial charge in [0.05, 0.1) is 24.6 Å². The molecule has 0 radical (unpaired) electrons. The minimum atomic E-state index is -5.08. The van der Waals surface area contributed by atoms with Crippen LogP contribution in [0.5, 0.6) is 5.88 Å². The number of furan rings is 1. The number of carboxylic acids is 1. The second kappa shape index (κ2) is 9.54. The van der Waals surface area contributed by atoms with E-state index in [1.165, 1.54) is 0 Å². The molecule has 2 aromatic rings. The van der Waals surface area contributed by atoms with Crippen molar-refractivity contribution in [1.29, 1.82) is 0 Å². The zero-order valence-electron chi connectivity index (χ0n) is 15.6. The summed E-state index contributed by atoms with van der Waals surface area (Å²) in [7, 11) is 0. The Morgan fingerprint density at radius 3 is 2.57 bits per heavy atom. The standard InChI is InChI=1S/C16H21N3O2.C2HF3O2/c1-12(2)21-16-14-5-7-19(10-13-4-3-9-20-13)8-6-15(14)17-11-18-16;3-2(4,5)1(6)7/h3-4,9,11-12H,5-8,10H2,1-2H3;(H,6,7). The lowest BCUT2D eigenvalue weighted by Crippen LogP contribution is -2.25. The molecule has 0 aliphatic carbocycles. The van der Waals surface area contributed by atoms with Gasteiger partial charge in [0.15, 0.2) is 0 Å². The van der Waals surface area contributed by atoms with Crippen LogP contribution in [-0.2, 0) is 24.2 Å². The van der Waals surface area contributed by atoms with Gasteiger partial charge in [0.25, 0.3) is 0 Å². The van der Waals surface area contributed by atoms with Gasteiger partial charge in [-0.3, -0.25) is 4.90 Å². The molecule has 0 saturated heterocycles. The molecule has 2 aromatic heterocycles. The maximum Gasteiger partial charge on any atom is 0.490 e. The molecular formula is C18H22F3N3O4. The van der Waals surface area contributed by atoms with Crippen LogP contribution >= 0.6 is 0 Å². The number of hydrogen-bond donors (Lipinski definition) is 1. The minimum absolute atomic E-state index is 0.131. The first-order valence-corrected chi connectivity index (χ1v) is 8.71. The molecule has 0 amide bonds. The number of rotatable bonds is 4. The van der Waals surface area contributed by atoms with E-state index in [2.05, 4.69) is 14.9 Å². The zero-order valence-corrected chi connectivity index (χ0v) is 15.6. The summed E-state index contributed by atoms with van der Waals surface area (Å²) >= 11 is 0. The quantitative estimate of drug-likeness (QED) is 0.842. The van der Waals surface area contributed by atoms with Crippen LogP contribution < -0.4 is 4.74 Å². The minimum Gasteiger partial charge on any atom is -0.475 e. The van der Waals surface area contributed by atoms with Crippen LogP contribution in [-0.4, -0.2) is 51.3 Å². The highest BCUT2D eigenvalue weighted by Gasteiger charge is 2.38. The number of ether oxygens (including phenoxy) is 1. The van der Waals surface area contributed by atoms with Crippen molar-refractivity contribution in [3.8, 4) is 5.88 Å². The number of hydrogen-bond acceptors (Lipinski definition) is 6. The summed E-state index contributed by atoms with van der Waals surface area (Å²) in [6, 6.07) is 3.95. The SMILES string of the molecule is CC(C)Oc1ncnc2c1CCN(Cc1ccco1)CC2.O=C(O)C(F)(F)F. The van der Waals surface area contributed by atoms with Gasteiger partial charge in [0.2, 0.25) is 5.88 Å². The second-order valence-electron chi connectivity index (χ2n) is 6.43. The fourth-order valence-corrected chi connectivity index (χ4v) is 2.65. The van der Waals surface area contributed by atoms with E-state index < -0.39 is 12.1 Å². The van der Waals surface area contributed by atoms with Gasteiger partial charge in [-0.15, -0.1) is 0 Å². The predicted octanol–water partition coefficient (Wildman–Crippen LogP) is 3.09. The van der Waals surface area contributed by atoms with E-state index >= 15 is 0 Å². The van der Waals surface area contributed by atoms with E-state index in [4.69, 9.17) is 19.1 Å². The van der Waals surface area contributed by atoms with Gasteiger partial charge in [-0.1, -0.05) is 0 Å². The number of aliphatic carboxylic acids is 1. The summed E-state index contributed by atoms with van der Waals surface area (Å²) < 4.78 is 43.0. The van der Waals surface area contributed by atoms with Crippen molar-refractivity contribution in [3.05, 3.63) is 41.7 Å². The normalized spacial score (nSPS) is 14.6. The molecular weight excluding hydrogens is 379 g/mol. The number of nitrogens with zero attached hydrogens (tertiary/aromatic N) is 3. The summed E-state index contributed by atoms with van der Waals surface area (Å²) in [4.78, 5) is 20.0. The van der Waals surface area contributed by atoms with Crippen LogP contribution in [0.15, 0.2) is 29.1 Å². The van der Waals surface area contributed by atoms with Crippen molar-refractivity contribution < 1.29 is 32.2 Å². The smallest absolute Gasteiger partial charge is 0.475 e. The lowest BCUT2D eigenvalue weighted by atomic mass is 10.1. The number of halogens is 3. The van der Waals surface area contributed by atoms with Gasteiger partial charge >= 0.3 is 12.1 Å². The molecule has 1 aliphatic heterocycles. The lowest BCUT2D eigenvalue weighted by molar-refractivity contribution is -0.192. The van der Waals surface area contributed by atoms with E-state index in [9.17, 15) is 13.2 Å². The Hall–Kier alpha value is -2.62. The van der Waals surface area contributed by atoms with Gasteiger partial charge in [-0.25, -0.2) is 14.8 Å². The molecule has 154 valence electrons. The van der Waals surface area contributed by atoms with Gasteiger partial charge in [0.1, 0.15) is 12.1 Å². The Labute approximate surface area is 160 Å². The molecule has 0 spiro atoms. The van der Waals surface area contributed by atoms with Crippen LogP contribution in [0, 0.1) is 0 Å². The number of fused-ring (bicyclic) bond motifs is 1. The van der Waals surface area contributed by atoms with Crippen molar-refractivity contribution in [1.82, 2.24) is 14.9 Å². The number of alkyl halides is 3. The largest absolute Gasteiger partial charge is 0.490 e. The van der Waals surface area contributed by atoms with Gasteiger partial charge in [-0.2, -0.15) is 13.2 Å². The molecule has 10 heteroatoms. The number of carbonyl (C=O) groups is 1. The van der Waals surface area contributed by atoms with Crippen molar-refractivity contribution in [2.75, 3.05) is 13.1 Å². The van der Waals surface area contributed by atoms with E-state index in [-0.39, 0.29) is 6.10 Å². The van der Waals surface area contributed by atoms with Gasteiger partial charge < -0.3 is 14.3 Å². The summed E-state index contributed by atoms with van der Waals surface area (Å²) in [5.41, 5.74) is 2.27.